The van der Waals surface area contributed by atoms with Gasteiger partial charge in [0.25, 0.3) is 11.5 Å². The molecule has 9 heteroatoms. The largest absolute Gasteiger partial charge is 0.496 e. The fraction of sp³-hybridized carbons (Fsp3) is 0.211. The van der Waals surface area contributed by atoms with Gasteiger partial charge in [-0.05, 0) is 31.2 Å². The summed E-state index contributed by atoms with van der Waals surface area (Å²) in [6, 6.07) is 7.24. The number of carbonyl (C=O) groups excluding carboxylic acids is 1. The molecule has 0 aliphatic rings. The lowest BCUT2D eigenvalue weighted by Crippen LogP contribution is -2.32. The number of hydrogen-bond acceptors (Lipinski definition) is 6. The molecule has 2 aromatic heterocycles. The Morgan fingerprint density at radius 1 is 1.25 bits per heavy atom. The summed E-state index contributed by atoms with van der Waals surface area (Å²) in [6.45, 7) is 1.74. The van der Waals surface area contributed by atoms with Gasteiger partial charge in [0.15, 0.2) is 0 Å². The van der Waals surface area contributed by atoms with Crippen molar-refractivity contribution in [1.29, 1.82) is 0 Å². The number of ether oxygens (including phenoxy) is 1. The second-order valence-electron chi connectivity index (χ2n) is 6.03. The molecule has 0 saturated heterocycles. The minimum atomic E-state index is -0.549. The number of rotatable bonds is 5. The van der Waals surface area contributed by atoms with Gasteiger partial charge in [0, 0.05) is 24.3 Å². The SMILES string of the molecule is COc1cc(Cl)ccc1C(=O)NC(C)c1nc(-c2ccncn2)cc(=O)n1C. The Hall–Kier alpha value is -3.26. The van der Waals surface area contributed by atoms with E-state index in [1.165, 1.54) is 24.1 Å². The molecule has 28 heavy (non-hydrogen) atoms. The highest BCUT2D eigenvalue weighted by Crippen LogP contribution is 2.24. The van der Waals surface area contributed by atoms with Gasteiger partial charge in [0.1, 0.15) is 17.9 Å². The van der Waals surface area contributed by atoms with Crippen LogP contribution in [0.25, 0.3) is 11.4 Å². The third-order valence-corrected chi connectivity index (χ3v) is 4.39. The highest BCUT2D eigenvalue weighted by Gasteiger charge is 2.19. The molecule has 3 rings (SSSR count). The standard InChI is InChI=1S/C19H18ClN5O3/c1-11(23-19(27)13-5-4-12(20)8-16(13)28-3)18-24-15(9-17(26)25(18)2)14-6-7-21-10-22-14/h4-11H,1-3H3,(H,23,27). The number of nitrogens with zero attached hydrogens (tertiary/aromatic N) is 4. The summed E-state index contributed by atoms with van der Waals surface area (Å²) in [5.74, 6) is 0.374. The molecule has 1 amide bonds. The van der Waals surface area contributed by atoms with Crippen LogP contribution in [0.2, 0.25) is 5.02 Å². The van der Waals surface area contributed by atoms with Gasteiger partial charge in [-0.15, -0.1) is 0 Å². The normalized spacial score (nSPS) is 11.7. The highest BCUT2D eigenvalue weighted by molar-refractivity contribution is 6.30. The van der Waals surface area contributed by atoms with Crippen molar-refractivity contribution >= 4 is 17.5 Å². The molecule has 3 aromatic rings. The predicted molar refractivity (Wildman–Crippen MR) is 104 cm³/mol. The molecule has 0 radical (unpaired) electrons. The summed E-state index contributed by atoms with van der Waals surface area (Å²) in [4.78, 5) is 37.6. The van der Waals surface area contributed by atoms with Crippen molar-refractivity contribution in [3.8, 4) is 17.1 Å². The third-order valence-electron chi connectivity index (χ3n) is 4.16. The molecule has 1 unspecified atom stereocenters. The monoisotopic (exact) mass is 399 g/mol. The topological polar surface area (TPSA) is 99.0 Å². The molecule has 0 saturated carbocycles. The lowest BCUT2D eigenvalue weighted by atomic mass is 10.1. The second kappa shape index (κ2) is 8.18. The molecular formula is C19H18ClN5O3. The lowest BCUT2D eigenvalue weighted by molar-refractivity contribution is 0.0934. The first-order chi connectivity index (χ1) is 13.4. The summed E-state index contributed by atoms with van der Waals surface area (Å²) >= 11 is 5.95. The van der Waals surface area contributed by atoms with Crippen molar-refractivity contribution in [3.05, 3.63) is 69.6 Å². The van der Waals surface area contributed by atoms with E-state index in [1.807, 2.05) is 0 Å². The van der Waals surface area contributed by atoms with Crippen molar-refractivity contribution < 1.29 is 9.53 Å². The predicted octanol–water partition coefficient (Wildman–Crippen LogP) is 2.39. The number of amides is 1. The fourth-order valence-electron chi connectivity index (χ4n) is 2.71. The van der Waals surface area contributed by atoms with Crippen LogP contribution >= 0.6 is 11.6 Å². The van der Waals surface area contributed by atoms with Crippen molar-refractivity contribution in [2.24, 2.45) is 7.05 Å². The van der Waals surface area contributed by atoms with Crippen LogP contribution in [0.5, 0.6) is 5.75 Å². The Morgan fingerprint density at radius 2 is 2.04 bits per heavy atom. The van der Waals surface area contributed by atoms with E-state index in [2.05, 4.69) is 20.3 Å². The van der Waals surface area contributed by atoms with Crippen LogP contribution in [0.4, 0.5) is 0 Å². The first-order valence-corrected chi connectivity index (χ1v) is 8.77. The molecule has 0 fully saturated rings. The van der Waals surface area contributed by atoms with Crippen molar-refractivity contribution in [1.82, 2.24) is 24.8 Å². The number of methoxy groups -OCH3 is 1. The van der Waals surface area contributed by atoms with Crippen LogP contribution in [0.3, 0.4) is 0 Å². The first kappa shape index (κ1) is 19.5. The highest BCUT2D eigenvalue weighted by atomic mass is 35.5. The van der Waals surface area contributed by atoms with Crippen molar-refractivity contribution in [2.45, 2.75) is 13.0 Å². The molecule has 8 nitrogen and oxygen atoms in total. The molecule has 0 aliphatic carbocycles. The molecule has 1 atom stereocenters. The molecular weight excluding hydrogens is 382 g/mol. The fourth-order valence-corrected chi connectivity index (χ4v) is 2.87. The van der Waals surface area contributed by atoms with Crippen LogP contribution in [0.1, 0.15) is 29.1 Å². The Bertz CT molecular complexity index is 1070. The number of benzene rings is 1. The molecule has 144 valence electrons. The maximum atomic E-state index is 12.7. The van der Waals surface area contributed by atoms with E-state index in [0.717, 1.165) is 0 Å². The number of hydrogen-bond donors (Lipinski definition) is 1. The van der Waals surface area contributed by atoms with Gasteiger partial charge < -0.3 is 10.1 Å². The van der Waals surface area contributed by atoms with Gasteiger partial charge in [-0.2, -0.15) is 0 Å². The van der Waals surface area contributed by atoms with Gasteiger partial charge in [0.05, 0.1) is 30.1 Å². The maximum Gasteiger partial charge on any atom is 0.255 e. The zero-order valence-corrected chi connectivity index (χ0v) is 16.3. The lowest BCUT2D eigenvalue weighted by Gasteiger charge is -2.18. The van der Waals surface area contributed by atoms with Gasteiger partial charge in [-0.1, -0.05) is 11.6 Å². The minimum absolute atomic E-state index is 0.260. The zero-order valence-electron chi connectivity index (χ0n) is 15.5. The van der Waals surface area contributed by atoms with E-state index < -0.39 is 6.04 Å². The smallest absolute Gasteiger partial charge is 0.255 e. The number of carbonyl (C=O) groups is 1. The number of aromatic nitrogens is 4. The average molecular weight is 400 g/mol. The second-order valence-corrected chi connectivity index (χ2v) is 6.47. The molecule has 0 bridgehead atoms. The number of halogens is 1. The molecule has 0 aliphatic heterocycles. The summed E-state index contributed by atoms with van der Waals surface area (Å²) in [5, 5.41) is 3.30. The van der Waals surface area contributed by atoms with Gasteiger partial charge >= 0.3 is 0 Å². The zero-order chi connectivity index (χ0) is 20.3. The van der Waals surface area contributed by atoms with Gasteiger partial charge in [0.2, 0.25) is 0 Å². The number of nitrogens with one attached hydrogen (secondary N) is 1. The quantitative estimate of drug-likeness (QED) is 0.707. The summed E-state index contributed by atoms with van der Waals surface area (Å²) in [6.07, 6.45) is 2.95. The summed E-state index contributed by atoms with van der Waals surface area (Å²) < 4.78 is 6.61. The van der Waals surface area contributed by atoms with Crippen LogP contribution in [-0.2, 0) is 7.05 Å². The van der Waals surface area contributed by atoms with E-state index in [4.69, 9.17) is 16.3 Å². The summed E-state index contributed by atoms with van der Waals surface area (Å²) in [5.41, 5.74) is 0.997. The van der Waals surface area contributed by atoms with E-state index in [0.29, 0.717) is 33.5 Å². The van der Waals surface area contributed by atoms with Crippen molar-refractivity contribution in [2.75, 3.05) is 7.11 Å². The van der Waals surface area contributed by atoms with Crippen LogP contribution < -0.4 is 15.6 Å². The van der Waals surface area contributed by atoms with Gasteiger partial charge in [-0.25, -0.2) is 15.0 Å². The maximum absolute atomic E-state index is 12.7. The molecule has 2 heterocycles. The minimum Gasteiger partial charge on any atom is -0.496 e. The van der Waals surface area contributed by atoms with Gasteiger partial charge in [-0.3, -0.25) is 14.2 Å². The van der Waals surface area contributed by atoms with Crippen LogP contribution in [-0.4, -0.2) is 32.5 Å². The van der Waals surface area contributed by atoms with Crippen LogP contribution in [0.15, 0.2) is 47.7 Å². The Labute approximate surface area is 166 Å². The van der Waals surface area contributed by atoms with E-state index in [-0.39, 0.29) is 11.5 Å². The average Bonchev–Trinajstić information content (AvgIpc) is 2.70. The third kappa shape index (κ3) is 4.01. The van der Waals surface area contributed by atoms with Crippen LogP contribution in [0, 0.1) is 0 Å². The van der Waals surface area contributed by atoms with Crippen molar-refractivity contribution in [3.63, 3.8) is 0 Å². The molecule has 1 N–H and O–H groups in total. The van der Waals surface area contributed by atoms with E-state index in [9.17, 15) is 9.59 Å². The molecule has 0 spiro atoms. The van der Waals surface area contributed by atoms with E-state index in [1.54, 1.807) is 44.4 Å². The Balaban J connectivity index is 1.92. The summed E-state index contributed by atoms with van der Waals surface area (Å²) in [7, 11) is 3.06. The molecule has 1 aromatic carbocycles. The Kier molecular flexibility index (Phi) is 5.70. The first-order valence-electron chi connectivity index (χ1n) is 8.39. The van der Waals surface area contributed by atoms with E-state index >= 15 is 0 Å². The Morgan fingerprint density at radius 3 is 2.71 bits per heavy atom.